The number of β-amino-alcohol motifs (C(OH)–C–C–N with tert-alkyl or cyclic N) is 1. The van der Waals surface area contributed by atoms with Crippen molar-refractivity contribution in [2.75, 3.05) is 13.1 Å². The number of halogens is 1. The number of likely N-dealkylation sites (tertiary alicyclic amines) is 2. The molecule has 0 bridgehead atoms. The molecule has 37 heavy (non-hydrogen) atoms. The Hall–Kier alpha value is -2.85. The molecule has 3 amide bonds. The van der Waals surface area contributed by atoms with Crippen LogP contribution < -0.4 is 5.32 Å². The fourth-order valence-electron chi connectivity index (χ4n) is 5.40. The van der Waals surface area contributed by atoms with Gasteiger partial charge in [-0.2, -0.15) is 0 Å². The number of thiazole rings is 1. The molecule has 8 nitrogen and oxygen atoms in total. The minimum atomic E-state index is -1.85. The zero-order valence-corrected chi connectivity index (χ0v) is 22.0. The number of aromatic nitrogens is 1. The fraction of sp³-hybridized carbons (Fsp3) is 0.556. The number of alkyl halides is 1. The van der Waals surface area contributed by atoms with Gasteiger partial charge in [0.1, 0.15) is 12.1 Å². The lowest BCUT2D eigenvalue weighted by Gasteiger charge is -2.38. The predicted octanol–water partition coefficient (Wildman–Crippen LogP) is 3.14. The van der Waals surface area contributed by atoms with Crippen molar-refractivity contribution < 1.29 is 23.9 Å². The number of hydrogen-bond acceptors (Lipinski definition) is 6. The topological polar surface area (TPSA) is 103 Å². The van der Waals surface area contributed by atoms with E-state index < -0.39 is 29.8 Å². The van der Waals surface area contributed by atoms with Crippen LogP contribution in [0, 0.1) is 6.92 Å². The summed E-state index contributed by atoms with van der Waals surface area (Å²) in [6, 6.07) is 5.97. The molecular formula is C27H33FN4O4S. The fourth-order valence-corrected chi connectivity index (χ4v) is 6.22. The van der Waals surface area contributed by atoms with Crippen LogP contribution in [-0.4, -0.2) is 74.6 Å². The Bertz CT molecular complexity index is 1180. The molecule has 2 saturated heterocycles. The number of carbonyl (C=O) groups excluding carboxylic acids is 3. The summed E-state index contributed by atoms with van der Waals surface area (Å²) in [7, 11) is 0. The molecule has 1 saturated carbocycles. The molecule has 4 atom stereocenters. The summed E-state index contributed by atoms with van der Waals surface area (Å²) >= 11 is 1.58. The van der Waals surface area contributed by atoms with Crippen LogP contribution in [0.25, 0.3) is 10.4 Å². The van der Waals surface area contributed by atoms with E-state index in [2.05, 4.69) is 10.3 Å². The quantitative estimate of drug-likeness (QED) is 0.600. The average molecular weight is 529 g/mol. The molecule has 0 unspecified atom stereocenters. The molecule has 1 aromatic heterocycles. The first kappa shape index (κ1) is 25.8. The number of rotatable bonds is 6. The minimum absolute atomic E-state index is 0.0213. The Labute approximate surface area is 219 Å². The first-order valence-electron chi connectivity index (χ1n) is 13.0. The Morgan fingerprint density at radius 1 is 1.16 bits per heavy atom. The normalized spacial score (nSPS) is 25.6. The third kappa shape index (κ3) is 5.13. The van der Waals surface area contributed by atoms with E-state index in [1.165, 1.54) is 9.80 Å². The van der Waals surface area contributed by atoms with E-state index in [-0.39, 0.29) is 43.7 Å². The second kappa shape index (κ2) is 10.1. The van der Waals surface area contributed by atoms with Crippen LogP contribution in [0.5, 0.6) is 0 Å². The summed E-state index contributed by atoms with van der Waals surface area (Å²) in [4.78, 5) is 47.8. The van der Waals surface area contributed by atoms with E-state index in [1.807, 2.05) is 43.6 Å². The van der Waals surface area contributed by atoms with Gasteiger partial charge in [0.15, 0.2) is 5.67 Å². The maximum atomic E-state index is 14.6. The van der Waals surface area contributed by atoms with E-state index in [1.54, 1.807) is 11.3 Å². The highest BCUT2D eigenvalue weighted by molar-refractivity contribution is 7.13. The second-order valence-electron chi connectivity index (χ2n) is 10.5. The first-order chi connectivity index (χ1) is 17.7. The number of aliphatic hydroxyl groups excluding tert-OH is 1. The largest absolute Gasteiger partial charge is 0.391 e. The molecule has 1 aliphatic carbocycles. The summed E-state index contributed by atoms with van der Waals surface area (Å²) in [5.41, 5.74) is 2.92. The van der Waals surface area contributed by atoms with Gasteiger partial charge >= 0.3 is 0 Å². The molecule has 3 fully saturated rings. The van der Waals surface area contributed by atoms with Crippen molar-refractivity contribution in [2.45, 2.75) is 82.3 Å². The Morgan fingerprint density at radius 2 is 1.89 bits per heavy atom. The van der Waals surface area contributed by atoms with Crippen molar-refractivity contribution in [3.8, 4) is 10.4 Å². The lowest BCUT2D eigenvalue weighted by molar-refractivity contribution is -0.153. The van der Waals surface area contributed by atoms with Crippen molar-refractivity contribution in [3.05, 3.63) is 41.0 Å². The number of benzene rings is 1. The van der Waals surface area contributed by atoms with Crippen LogP contribution >= 0.6 is 11.3 Å². The summed E-state index contributed by atoms with van der Waals surface area (Å²) < 4.78 is 14.6. The van der Waals surface area contributed by atoms with Gasteiger partial charge in [0.05, 0.1) is 28.2 Å². The van der Waals surface area contributed by atoms with Gasteiger partial charge in [-0.05, 0) is 57.1 Å². The van der Waals surface area contributed by atoms with E-state index >= 15 is 0 Å². The zero-order chi connectivity index (χ0) is 26.3. The van der Waals surface area contributed by atoms with Crippen LogP contribution in [0.3, 0.4) is 0 Å². The van der Waals surface area contributed by atoms with Gasteiger partial charge in [0.25, 0.3) is 5.91 Å². The Kier molecular flexibility index (Phi) is 7.06. The Balaban J connectivity index is 1.27. The third-order valence-electron chi connectivity index (χ3n) is 7.76. The second-order valence-corrected chi connectivity index (χ2v) is 11.3. The molecule has 3 heterocycles. The monoisotopic (exact) mass is 528 g/mol. The summed E-state index contributed by atoms with van der Waals surface area (Å²) in [5, 5.41) is 13.3. The van der Waals surface area contributed by atoms with Crippen LogP contribution in [0.1, 0.15) is 62.7 Å². The minimum Gasteiger partial charge on any atom is -0.391 e. The summed E-state index contributed by atoms with van der Waals surface area (Å²) in [5.74, 6) is -1.35. The van der Waals surface area contributed by atoms with Crippen molar-refractivity contribution in [1.29, 1.82) is 0 Å². The number of amides is 3. The molecule has 0 radical (unpaired) electrons. The molecule has 2 N–H and O–H groups in total. The smallest absolute Gasteiger partial charge is 0.260 e. The molecule has 0 spiro atoms. The SMILES string of the molecule is Cc1ncsc1-c1ccc([C@H](C)NC(=O)[C@@H]2C[C@@H](O)CN2C(=O)[C@@H]2CCCCN2C(=O)C2(F)CC2)cc1. The standard InChI is InChI=1S/C27H33FN4O4S/c1-16(18-6-8-19(9-7-18)23-17(2)29-15-37-23)30-24(34)22-13-20(33)14-32(22)25(35)21-5-3-4-12-31(21)26(36)27(28)10-11-27/h6-9,15-16,20-22,33H,3-5,10-14H2,1-2H3,(H,30,34)/t16-,20+,21-,22-/m0/s1. The van der Waals surface area contributed by atoms with E-state index in [4.69, 9.17) is 0 Å². The highest BCUT2D eigenvalue weighted by Gasteiger charge is 2.55. The lowest BCUT2D eigenvalue weighted by Crippen LogP contribution is -2.57. The van der Waals surface area contributed by atoms with Gasteiger partial charge in [-0.15, -0.1) is 11.3 Å². The Morgan fingerprint density at radius 3 is 2.54 bits per heavy atom. The van der Waals surface area contributed by atoms with Crippen LogP contribution in [0.4, 0.5) is 4.39 Å². The maximum Gasteiger partial charge on any atom is 0.260 e. The van der Waals surface area contributed by atoms with Gasteiger partial charge in [-0.25, -0.2) is 9.37 Å². The zero-order valence-electron chi connectivity index (χ0n) is 21.2. The molecule has 10 heteroatoms. The van der Waals surface area contributed by atoms with Gasteiger partial charge < -0.3 is 20.2 Å². The maximum absolute atomic E-state index is 14.6. The van der Waals surface area contributed by atoms with Gasteiger partial charge in [-0.1, -0.05) is 24.3 Å². The first-order valence-corrected chi connectivity index (χ1v) is 13.9. The predicted molar refractivity (Wildman–Crippen MR) is 137 cm³/mol. The van der Waals surface area contributed by atoms with Gasteiger partial charge in [-0.3, -0.25) is 14.4 Å². The number of piperidine rings is 1. The molecule has 2 aliphatic heterocycles. The summed E-state index contributed by atoms with van der Waals surface area (Å²) in [6.07, 6.45) is 1.59. The molecule has 2 aromatic rings. The van der Waals surface area contributed by atoms with Crippen molar-refractivity contribution >= 4 is 29.1 Å². The van der Waals surface area contributed by atoms with E-state index in [9.17, 15) is 23.9 Å². The number of hydrogen-bond donors (Lipinski definition) is 2. The van der Waals surface area contributed by atoms with Crippen molar-refractivity contribution in [2.24, 2.45) is 0 Å². The van der Waals surface area contributed by atoms with Crippen LogP contribution in [-0.2, 0) is 14.4 Å². The highest BCUT2D eigenvalue weighted by atomic mass is 32.1. The number of carbonyl (C=O) groups is 3. The van der Waals surface area contributed by atoms with Crippen LogP contribution in [0.2, 0.25) is 0 Å². The molecule has 5 rings (SSSR count). The van der Waals surface area contributed by atoms with Crippen molar-refractivity contribution in [1.82, 2.24) is 20.1 Å². The lowest BCUT2D eigenvalue weighted by atomic mass is 9.99. The van der Waals surface area contributed by atoms with Gasteiger partial charge in [0.2, 0.25) is 11.8 Å². The number of nitrogens with one attached hydrogen (secondary N) is 1. The summed E-state index contributed by atoms with van der Waals surface area (Å²) in [6.45, 7) is 4.20. The van der Waals surface area contributed by atoms with E-state index in [0.717, 1.165) is 34.5 Å². The number of nitrogens with zero attached hydrogens (tertiary/aromatic N) is 3. The number of aliphatic hydroxyl groups is 1. The molecule has 1 aromatic carbocycles. The van der Waals surface area contributed by atoms with E-state index in [0.29, 0.717) is 13.0 Å². The third-order valence-corrected chi connectivity index (χ3v) is 8.74. The number of aryl methyl sites for hydroxylation is 1. The molecular weight excluding hydrogens is 495 g/mol. The van der Waals surface area contributed by atoms with Crippen LogP contribution in [0.15, 0.2) is 29.8 Å². The average Bonchev–Trinajstić information content (AvgIpc) is 3.30. The van der Waals surface area contributed by atoms with Gasteiger partial charge in [0, 0.05) is 19.5 Å². The molecule has 3 aliphatic rings. The molecule has 198 valence electrons. The highest BCUT2D eigenvalue weighted by Crippen LogP contribution is 2.42. The van der Waals surface area contributed by atoms with Crippen molar-refractivity contribution in [3.63, 3.8) is 0 Å².